The number of nitrogens with zero attached hydrogens (tertiary/aromatic N) is 3. The maximum Gasteiger partial charge on any atom is 0.286 e. The SMILES string of the molecule is COCc1cccc(-c2ccccc2S(=O)(=O)N2CCN(c3ncc(C(=O)NO)s3)CC2)c1. The number of methoxy groups -OCH3 is 1. The van der Waals surface area contributed by atoms with Crippen LogP contribution in [0.2, 0.25) is 0 Å². The van der Waals surface area contributed by atoms with Gasteiger partial charge in [0.25, 0.3) is 5.91 Å². The quantitative estimate of drug-likeness (QED) is 0.388. The molecule has 0 atom stereocenters. The van der Waals surface area contributed by atoms with Gasteiger partial charge in [-0.05, 0) is 23.3 Å². The highest BCUT2D eigenvalue weighted by Crippen LogP contribution is 2.31. The van der Waals surface area contributed by atoms with Crippen LogP contribution in [-0.2, 0) is 21.4 Å². The van der Waals surface area contributed by atoms with Gasteiger partial charge in [-0.2, -0.15) is 4.31 Å². The van der Waals surface area contributed by atoms with E-state index in [0.29, 0.717) is 43.5 Å². The molecule has 2 N–H and O–H groups in total. The number of ether oxygens (including phenoxy) is 1. The predicted octanol–water partition coefficient (Wildman–Crippen LogP) is 2.59. The molecule has 0 aliphatic carbocycles. The van der Waals surface area contributed by atoms with Gasteiger partial charge in [-0.1, -0.05) is 47.7 Å². The first-order valence-corrected chi connectivity index (χ1v) is 12.5. The Balaban J connectivity index is 1.54. The van der Waals surface area contributed by atoms with Crippen LogP contribution < -0.4 is 10.4 Å². The van der Waals surface area contributed by atoms with E-state index in [0.717, 1.165) is 22.5 Å². The van der Waals surface area contributed by atoms with E-state index in [2.05, 4.69) is 4.98 Å². The summed E-state index contributed by atoms with van der Waals surface area (Å²) in [7, 11) is -2.10. The van der Waals surface area contributed by atoms with E-state index in [-0.39, 0.29) is 9.77 Å². The number of carbonyl (C=O) groups is 1. The van der Waals surface area contributed by atoms with E-state index in [1.54, 1.807) is 24.7 Å². The monoisotopic (exact) mass is 488 g/mol. The molecule has 2 aromatic carbocycles. The Labute approximate surface area is 196 Å². The van der Waals surface area contributed by atoms with Crippen LogP contribution in [0.3, 0.4) is 0 Å². The number of rotatable bonds is 7. The fourth-order valence-corrected chi connectivity index (χ4v) is 6.25. The molecule has 0 radical (unpaired) electrons. The smallest absolute Gasteiger partial charge is 0.286 e. The standard InChI is InChI=1S/C22H24N4O5S2/c1-31-15-16-5-4-6-17(13-16)18-7-2-3-8-20(18)33(29,30)26-11-9-25(10-12-26)22-23-14-19(32-22)21(27)24-28/h2-8,13-14,28H,9-12,15H2,1H3,(H,24,27). The molecule has 2 heterocycles. The van der Waals surface area contributed by atoms with Crippen molar-refractivity contribution >= 4 is 32.4 Å². The number of hydrogen-bond acceptors (Lipinski definition) is 8. The fourth-order valence-electron chi connectivity index (χ4n) is 3.76. The Hall–Kier alpha value is -2.83. The minimum absolute atomic E-state index is 0.268. The van der Waals surface area contributed by atoms with Crippen LogP contribution in [0.5, 0.6) is 0 Å². The molecule has 174 valence electrons. The van der Waals surface area contributed by atoms with E-state index in [4.69, 9.17) is 9.94 Å². The predicted molar refractivity (Wildman–Crippen MR) is 125 cm³/mol. The van der Waals surface area contributed by atoms with Crippen molar-refractivity contribution in [2.45, 2.75) is 11.5 Å². The van der Waals surface area contributed by atoms with Gasteiger partial charge in [0.2, 0.25) is 10.0 Å². The second-order valence-corrected chi connectivity index (χ2v) is 10.4. The molecule has 11 heteroatoms. The number of anilines is 1. The summed E-state index contributed by atoms with van der Waals surface area (Å²) in [6.45, 7) is 1.92. The summed E-state index contributed by atoms with van der Waals surface area (Å²) in [6, 6.07) is 14.7. The highest BCUT2D eigenvalue weighted by molar-refractivity contribution is 7.89. The summed E-state index contributed by atoms with van der Waals surface area (Å²) < 4.78 is 33.8. The van der Waals surface area contributed by atoms with Crippen LogP contribution in [0, 0.1) is 0 Å². The largest absolute Gasteiger partial charge is 0.380 e. The normalized spacial score (nSPS) is 14.9. The second kappa shape index (κ2) is 9.98. The lowest BCUT2D eigenvalue weighted by Crippen LogP contribution is -2.48. The minimum Gasteiger partial charge on any atom is -0.380 e. The number of thiazole rings is 1. The summed E-state index contributed by atoms with van der Waals surface area (Å²) in [5.41, 5.74) is 4.03. The zero-order valence-electron chi connectivity index (χ0n) is 18.0. The van der Waals surface area contributed by atoms with Gasteiger partial charge in [-0.3, -0.25) is 10.0 Å². The lowest BCUT2D eigenvalue weighted by molar-refractivity contribution is 0.0710. The van der Waals surface area contributed by atoms with Crippen LogP contribution in [0.4, 0.5) is 5.13 Å². The summed E-state index contributed by atoms with van der Waals surface area (Å²) in [5, 5.41) is 9.39. The van der Waals surface area contributed by atoms with Gasteiger partial charge in [-0.15, -0.1) is 0 Å². The van der Waals surface area contributed by atoms with Gasteiger partial charge in [-0.25, -0.2) is 18.9 Å². The first-order chi connectivity index (χ1) is 15.9. The summed E-state index contributed by atoms with van der Waals surface area (Å²) in [6.07, 6.45) is 1.39. The third-order valence-electron chi connectivity index (χ3n) is 5.38. The molecule has 9 nitrogen and oxygen atoms in total. The first-order valence-electron chi connectivity index (χ1n) is 10.3. The molecule has 1 fully saturated rings. The van der Waals surface area contributed by atoms with Crippen LogP contribution in [0.15, 0.2) is 59.6 Å². The number of sulfonamides is 1. The Bertz CT molecular complexity index is 1240. The van der Waals surface area contributed by atoms with Crippen molar-refractivity contribution in [3.63, 3.8) is 0 Å². The Morgan fingerprint density at radius 3 is 2.64 bits per heavy atom. The zero-order chi connectivity index (χ0) is 23.4. The third-order valence-corrected chi connectivity index (χ3v) is 8.40. The maximum atomic E-state index is 13.6. The molecule has 1 saturated heterocycles. The van der Waals surface area contributed by atoms with Gasteiger partial charge >= 0.3 is 0 Å². The molecule has 0 bridgehead atoms. The van der Waals surface area contributed by atoms with Crippen LogP contribution >= 0.6 is 11.3 Å². The van der Waals surface area contributed by atoms with E-state index >= 15 is 0 Å². The lowest BCUT2D eigenvalue weighted by atomic mass is 10.0. The number of amides is 1. The van der Waals surface area contributed by atoms with Crippen molar-refractivity contribution in [3.05, 3.63) is 65.2 Å². The molecule has 1 aliphatic heterocycles. The van der Waals surface area contributed by atoms with Gasteiger partial charge < -0.3 is 9.64 Å². The average molecular weight is 489 g/mol. The van der Waals surface area contributed by atoms with Crippen molar-refractivity contribution in [2.24, 2.45) is 0 Å². The van der Waals surface area contributed by atoms with E-state index in [9.17, 15) is 13.2 Å². The topological polar surface area (TPSA) is 112 Å². The van der Waals surface area contributed by atoms with Gasteiger partial charge in [0, 0.05) is 38.9 Å². The number of aromatic nitrogens is 1. The number of nitrogens with one attached hydrogen (secondary N) is 1. The molecule has 0 spiro atoms. The zero-order valence-corrected chi connectivity index (χ0v) is 19.6. The van der Waals surface area contributed by atoms with Crippen LogP contribution in [-0.4, -0.2) is 62.1 Å². The van der Waals surface area contributed by atoms with Gasteiger partial charge in [0.15, 0.2) is 5.13 Å². The fraction of sp³-hybridized carbons (Fsp3) is 0.273. The Morgan fingerprint density at radius 2 is 1.91 bits per heavy atom. The molecule has 0 unspecified atom stereocenters. The highest BCUT2D eigenvalue weighted by Gasteiger charge is 2.31. The summed E-state index contributed by atoms with van der Waals surface area (Å²) in [4.78, 5) is 18.3. The summed E-state index contributed by atoms with van der Waals surface area (Å²) in [5.74, 6) is -0.619. The van der Waals surface area contributed by atoms with E-state index < -0.39 is 15.9 Å². The molecule has 1 aliphatic rings. The molecule has 3 aromatic rings. The van der Waals surface area contributed by atoms with Crippen molar-refractivity contribution in [3.8, 4) is 11.1 Å². The van der Waals surface area contributed by atoms with Crippen molar-refractivity contribution in [2.75, 3.05) is 38.2 Å². The first kappa shape index (κ1) is 23.3. The number of benzene rings is 2. The molecule has 0 saturated carbocycles. The van der Waals surface area contributed by atoms with Crippen molar-refractivity contribution in [1.82, 2.24) is 14.8 Å². The molecule has 4 rings (SSSR count). The van der Waals surface area contributed by atoms with Crippen molar-refractivity contribution in [1.29, 1.82) is 0 Å². The van der Waals surface area contributed by atoms with Gasteiger partial charge in [0.05, 0.1) is 17.7 Å². The van der Waals surface area contributed by atoms with E-state index in [1.807, 2.05) is 41.3 Å². The molecular formula is C22H24N4O5S2. The Kier molecular flexibility index (Phi) is 7.05. The minimum atomic E-state index is -3.72. The molecule has 1 amide bonds. The third kappa shape index (κ3) is 4.92. The summed E-state index contributed by atoms with van der Waals surface area (Å²) >= 11 is 1.15. The maximum absolute atomic E-state index is 13.6. The van der Waals surface area contributed by atoms with Crippen LogP contribution in [0.1, 0.15) is 15.2 Å². The highest BCUT2D eigenvalue weighted by atomic mass is 32.2. The van der Waals surface area contributed by atoms with Crippen molar-refractivity contribution < 1.29 is 23.2 Å². The molecule has 1 aromatic heterocycles. The Morgan fingerprint density at radius 1 is 1.15 bits per heavy atom. The lowest BCUT2D eigenvalue weighted by Gasteiger charge is -2.34. The number of hydrogen-bond donors (Lipinski definition) is 2. The van der Waals surface area contributed by atoms with E-state index in [1.165, 1.54) is 10.5 Å². The molecular weight excluding hydrogens is 464 g/mol. The number of hydroxylamine groups is 1. The van der Waals surface area contributed by atoms with Gasteiger partial charge in [0.1, 0.15) is 4.88 Å². The second-order valence-electron chi connectivity index (χ2n) is 7.47. The number of piperazine rings is 1. The van der Waals surface area contributed by atoms with Crippen LogP contribution in [0.25, 0.3) is 11.1 Å². The average Bonchev–Trinajstić information content (AvgIpc) is 3.34. The molecule has 33 heavy (non-hydrogen) atoms. The number of carbonyl (C=O) groups excluding carboxylic acids is 1.